The molecule has 2 saturated carbocycles. The summed E-state index contributed by atoms with van der Waals surface area (Å²) in [5.74, 6) is 6.69. The number of carbonyl (C=O) groups excluding carboxylic acids is 1. The van der Waals surface area contributed by atoms with Gasteiger partial charge in [-0.15, -0.1) is 0 Å². The molecule has 1 saturated heterocycles. The number of hydrogen-bond donors (Lipinski definition) is 0. The molecule has 9 heteroatoms. The first-order valence-corrected chi connectivity index (χ1v) is 11.3. The normalized spacial score (nSPS) is 31.7. The number of halogens is 3. The predicted octanol–water partition coefficient (Wildman–Crippen LogP) is 3.88. The molecule has 0 unspecified atom stereocenters. The Morgan fingerprint density at radius 2 is 2.03 bits per heavy atom. The molecule has 3 fully saturated rings. The summed E-state index contributed by atoms with van der Waals surface area (Å²) in [5, 5.41) is 0. The molecule has 33 heavy (non-hydrogen) atoms. The van der Waals surface area contributed by atoms with Crippen LogP contribution in [0.4, 0.5) is 13.2 Å². The summed E-state index contributed by atoms with van der Waals surface area (Å²) >= 11 is 0. The molecule has 6 nitrogen and oxygen atoms in total. The second-order valence-electron chi connectivity index (χ2n) is 9.83. The van der Waals surface area contributed by atoms with Gasteiger partial charge in [-0.3, -0.25) is 9.78 Å². The van der Waals surface area contributed by atoms with Crippen LogP contribution in [0.2, 0.25) is 0 Å². The van der Waals surface area contributed by atoms with E-state index in [2.05, 4.69) is 21.8 Å². The quantitative estimate of drug-likeness (QED) is 0.644. The number of ether oxygens (including phenoxy) is 1. The van der Waals surface area contributed by atoms with Crippen molar-refractivity contribution in [3.63, 3.8) is 0 Å². The van der Waals surface area contributed by atoms with Gasteiger partial charge in [-0.1, -0.05) is 11.8 Å². The number of fused-ring (bicyclic) bond motifs is 6. The zero-order valence-corrected chi connectivity index (χ0v) is 17.9. The Morgan fingerprint density at radius 1 is 1.21 bits per heavy atom. The van der Waals surface area contributed by atoms with Crippen LogP contribution in [0.3, 0.4) is 0 Å². The lowest BCUT2D eigenvalue weighted by atomic mass is 9.81. The van der Waals surface area contributed by atoms with Crippen molar-refractivity contribution in [2.24, 2.45) is 10.8 Å². The zero-order valence-electron chi connectivity index (χ0n) is 17.9. The standard InChI is InChI=1S/C24H23F3N4O2/c25-24(26,27)23-5-3-22(14-23,4-6-23)21(32)31-13-17-10-19(31)18-12-29-11-16(20(18)33-17)2-1-8-30-9-7-28-15-30/h7,9,11-12,15,17,19H,3-6,8,10,13-14H2/t17-,19-,22?,23?/m0/s1. The third-order valence-corrected chi connectivity index (χ3v) is 8.03. The third-order valence-electron chi connectivity index (χ3n) is 8.03. The fraction of sp³-hybridized carbons (Fsp3) is 0.542. The summed E-state index contributed by atoms with van der Waals surface area (Å²) in [7, 11) is 0. The van der Waals surface area contributed by atoms with Crippen molar-refractivity contribution in [3.05, 3.63) is 42.2 Å². The van der Waals surface area contributed by atoms with Crippen LogP contribution in [0.15, 0.2) is 31.1 Å². The summed E-state index contributed by atoms with van der Waals surface area (Å²) in [6, 6.07) is -0.231. The minimum Gasteiger partial charge on any atom is -0.487 e. The summed E-state index contributed by atoms with van der Waals surface area (Å²) < 4.78 is 49.2. The van der Waals surface area contributed by atoms with E-state index in [0.717, 1.165) is 5.56 Å². The van der Waals surface area contributed by atoms with E-state index < -0.39 is 17.0 Å². The molecule has 172 valence electrons. The number of alkyl halides is 3. The van der Waals surface area contributed by atoms with Gasteiger partial charge in [-0.2, -0.15) is 13.2 Å². The Morgan fingerprint density at radius 3 is 2.73 bits per heavy atom. The van der Waals surface area contributed by atoms with Crippen LogP contribution >= 0.6 is 0 Å². The van der Waals surface area contributed by atoms with Gasteiger partial charge in [0, 0.05) is 36.8 Å². The number of likely N-dealkylation sites (tertiary alicyclic amines) is 1. The van der Waals surface area contributed by atoms with Gasteiger partial charge < -0.3 is 14.2 Å². The molecule has 6 rings (SSSR count). The molecule has 0 aromatic carbocycles. The Bertz CT molecular complexity index is 1160. The maximum absolute atomic E-state index is 13.7. The first kappa shape index (κ1) is 20.6. The number of hydrogen-bond acceptors (Lipinski definition) is 4. The SMILES string of the molecule is O=C(N1C[C@@H]2C[C@H]1c1cncc(C#CCn3ccnc3)c1O2)C12CCC(C(F)(F)F)(CC1)C2. The molecule has 4 bridgehead atoms. The monoisotopic (exact) mass is 456 g/mol. The Hall–Kier alpha value is -3.02. The molecule has 0 radical (unpaired) electrons. The van der Waals surface area contributed by atoms with E-state index in [4.69, 9.17) is 4.74 Å². The van der Waals surface area contributed by atoms with Gasteiger partial charge in [-0.05, 0) is 32.1 Å². The maximum Gasteiger partial charge on any atom is 0.394 e. The second kappa shape index (κ2) is 6.99. The average Bonchev–Trinajstić information content (AvgIpc) is 3.57. The van der Waals surface area contributed by atoms with Gasteiger partial charge in [0.25, 0.3) is 0 Å². The zero-order chi connectivity index (χ0) is 22.8. The van der Waals surface area contributed by atoms with Crippen LogP contribution in [0.5, 0.6) is 5.75 Å². The lowest BCUT2D eigenvalue weighted by molar-refractivity contribution is -0.220. The molecule has 2 aromatic rings. The Balaban J connectivity index is 1.26. The molecule has 4 heterocycles. The molecule has 4 aliphatic rings. The number of aromatic nitrogens is 3. The number of nitrogens with zero attached hydrogens (tertiary/aromatic N) is 4. The lowest BCUT2D eigenvalue weighted by Gasteiger charge is -2.34. The summed E-state index contributed by atoms with van der Waals surface area (Å²) in [4.78, 5) is 23.8. The molecular formula is C24H23F3N4O2. The summed E-state index contributed by atoms with van der Waals surface area (Å²) in [6.45, 7) is 0.867. The van der Waals surface area contributed by atoms with Crippen molar-refractivity contribution >= 4 is 5.91 Å². The van der Waals surface area contributed by atoms with E-state index in [1.807, 2.05) is 10.8 Å². The molecule has 1 amide bonds. The van der Waals surface area contributed by atoms with Crippen LogP contribution in [0.1, 0.15) is 55.7 Å². The molecule has 2 atom stereocenters. The van der Waals surface area contributed by atoms with Crippen molar-refractivity contribution in [1.82, 2.24) is 19.4 Å². The van der Waals surface area contributed by atoms with Crippen molar-refractivity contribution < 1.29 is 22.7 Å². The Kier molecular flexibility index (Phi) is 4.36. The average molecular weight is 456 g/mol. The van der Waals surface area contributed by atoms with Crippen LogP contribution in [0, 0.1) is 22.7 Å². The Labute approximate surface area is 189 Å². The van der Waals surface area contributed by atoms with E-state index in [9.17, 15) is 18.0 Å². The highest BCUT2D eigenvalue weighted by Gasteiger charge is 2.69. The van der Waals surface area contributed by atoms with E-state index in [1.54, 1.807) is 29.8 Å². The van der Waals surface area contributed by atoms with Crippen LogP contribution in [0.25, 0.3) is 0 Å². The van der Waals surface area contributed by atoms with Gasteiger partial charge in [0.05, 0.1) is 41.9 Å². The molecule has 2 aliphatic carbocycles. The van der Waals surface area contributed by atoms with Gasteiger partial charge >= 0.3 is 6.18 Å². The lowest BCUT2D eigenvalue weighted by Crippen LogP contribution is -2.41. The van der Waals surface area contributed by atoms with Gasteiger partial charge in [0.1, 0.15) is 11.9 Å². The maximum atomic E-state index is 13.7. The number of amides is 1. The van der Waals surface area contributed by atoms with E-state index in [1.165, 1.54) is 0 Å². The third kappa shape index (κ3) is 3.06. The fourth-order valence-electron chi connectivity index (χ4n) is 6.28. The van der Waals surface area contributed by atoms with Gasteiger partial charge in [0.15, 0.2) is 0 Å². The van der Waals surface area contributed by atoms with Crippen molar-refractivity contribution in [3.8, 4) is 17.6 Å². The molecule has 0 N–H and O–H groups in total. The topological polar surface area (TPSA) is 60.2 Å². The van der Waals surface area contributed by atoms with Crippen LogP contribution in [-0.4, -0.2) is 44.2 Å². The molecule has 2 aromatic heterocycles. The first-order valence-electron chi connectivity index (χ1n) is 11.3. The minimum absolute atomic E-state index is 0.0511. The summed E-state index contributed by atoms with van der Waals surface area (Å²) in [6.07, 6.45) is 5.39. The predicted molar refractivity (Wildman–Crippen MR) is 111 cm³/mol. The van der Waals surface area contributed by atoms with Crippen molar-refractivity contribution in [2.45, 2.75) is 63.4 Å². The fourth-order valence-corrected chi connectivity index (χ4v) is 6.28. The number of pyridine rings is 1. The second-order valence-corrected chi connectivity index (χ2v) is 9.83. The molecule has 0 spiro atoms. The van der Waals surface area contributed by atoms with Gasteiger partial charge in [0.2, 0.25) is 5.91 Å². The highest BCUT2D eigenvalue weighted by Crippen LogP contribution is 2.68. The number of carbonyl (C=O) groups is 1. The highest BCUT2D eigenvalue weighted by molar-refractivity contribution is 5.85. The highest BCUT2D eigenvalue weighted by atomic mass is 19.4. The smallest absolute Gasteiger partial charge is 0.394 e. The first-order chi connectivity index (χ1) is 15.8. The van der Waals surface area contributed by atoms with E-state index in [0.29, 0.717) is 43.7 Å². The van der Waals surface area contributed by atoms with Crippen LogP contribution < -0.4 is 4.74 Å². The van der Waals surface area contributed by atoms with Gasteiger partial charge in [-0.25, -0.2) is 4.98 Å². The largest absolute Gasteiger partial charge is 0.487 e. The van der Waals surface area contributed by atoms with Crippen LogP contribution in [-0.2, 0) is 11.3 Å². The number of imidazole rings is 1. The van der Waals surface area contributed by atoms with Crippen molar-refractivity contribution in [1.29, 1.82) is 0 Å². The molecular weight excluding hydrogens is 433 g/mol. The minimum atomic E-state index is -4.25. The van der Waals surface area contributed by atoms with Crippen molar-refractivity contribution in [2.75, 3.05) is 6.54 Å². The number of rotatable bonds is 2. The summed E-state index contributed by atoms with van der Waals surface area (Å²) in [5.41, 5.74) is -1.14. The van der Waals surface area contributed by atoms with E-state index in [-0.39, 0.29) is 37.3 Å². The van der Waals surface area contributed by atoms with E-state index >= 15 is 0 Å². The molecule has 2 aliphatic heterocycles.